The second kappa shape index (κ2) is 8.92. The van der Waals surface area contributed by atoms with E-state index in [-0.39, 0.29) is 0 Å². The summed E-state index contributed by atoms with van der Waals surface area (Å²) < 4.78 is 10.5. The minimum Gasteiger partial charge on any atom is -0.497 e. The van der Waals surface area contributed by atoms with Crippen LogP contribution in [0.4, 0.5) is 0 Å². The standard InChI is InChI=1S/C16H23NO5/c1-4-5-6-14(16(19)20)17-15(18)11(2)22-13-9-7-12(21-3)8-10-13/h7-11,14H,4-6H2,1-3H3,(H,17,18)(H,19,20). The molecule has 0 saturated heterocycles. The van der Waals surface area contributed by atoms with Crippen LogP contribution in [0.25, 0.3) is 0 Å². The zero-order valence-electron chi connectivity index (χ0n) is 13.2. The summed E-state index contributed by atoms with van der Waals surface area (Å²) in [7, 11) is 1.56. The molecule has 6 nitrogen and oxygen atoms in total. The highest BCUT2D eigenvalue weighted by atomic mass is 16.5. The van der Waals surface area contributed by atoms with Crippen LogP contribution in [0.2, 0.25) is 0 Å². The van der Waals surface area contributed by atoms with Crippen molar-refractivity contribution >= 4 is 11.9 Å². The van der Waals surface area contributed by atoms with E-state index in [1.807, 2.05) is 6.92 Å². The molecule has 0 aromatic heterocycles. The minimum atomic E-state index is -1.03. The summed E-state index contributed by atoms with van der Waals surface area (Å²) in [5, 5.41) is 11.6. The van der Waals surface area contributed by atoms with E-state index in [4.69, 9.17) is 14.6 Å². The molecule has 122 valence electrons. The maximum atomic E-state index is 12.0. The van der Waals surface area contributed by atoms with E-state index in [2.05, 4.69) is 5.32 Å². The lowest BCUT2D eigenvalue weighted by atomic mass is 10.1. The van der Waals surface area contributed by atoms with Crippen LogP contribution < -0.4 is 14.8 Å². The highest BCUT2D eigenvalue weighted by Crippen LogP contribution is 2.18. The lowest BCUT2D eigenvalue weighted by Gasteiger charge is -2.18. The van der Waals surface area contributed by atoms with Gasteiger partial charge < -0.3 is 19.9 Å². The molecule has 0 aliphatic carbocycles. The van der Waals surface area contributed by atoms with E-state index in [0.717, 1.165) is 12.8 Å². The van der Waals surface area contributed by atoms with Crippen molar-refractivity contribution in [3.05, 3.63) is 24.3 Å². The van der Waals surface area contributed by atoms with E-state index in [9.17, 15) is 9.59 Å². The number of carbonyl (C=O) groups excluding carboxylic acids is 1. The Kier molecular flexibility index (Phi) is 7.22. The van der Waals surface area contributed by atoms with Gasteiger partial charge in [-0.25, -0.2) is 4.79 Å². The van der Waals surface area contributed by atoms with Crippen molar-refractivity contribution in [2.45, 2.75) is 45.3 Å². The minimum absolute atomic E-state index is 0.410. The first-order valence-corrected chi connectivity index (χ1v) is 7.31. The Hall–Kier alpha value is -2.24. The van der Waals surface area contributed by atoms with E-state index in [0.29, 0.717) is 17.9 Å². The number of methoxy groups -OCH3 is 1. The highest BCUT2D eigenvalue weighted by molar-refractivity contribution is 5.86. The molecular formula is C16H23NO5. The van der Waals surface area contributed by atoms with Gasteiger partial charge in [-0.1, -0.05) is 19.8 Å². The smallest absolute Gasteiger partial charge is 0.326 e. The van der Waals surface area contributed by atoms with Crippen molar-refractivity contribution in [1.82, 2.24) is 5.32 Å². The zero-order chi connectivity index (χ0) is 16.5. The molecular weight excluding hydrogens is 286 g/mol. The van der Waals surface area contributed by atoms with Crippen LogP contribution in [0, 0.1) is 0 Å². The van der Waals surface area contributed by atoms with E-state index in [1.54, 1.807) is 38.3 Å². The van der Waals surface area contributed by atoms with Gasteiger partial charge in [0, 0.05) is 0 Å². The van der Waals surface area contributed by atoms with Crippen LogP contribution in [0.15, 0.2) is 24.3 Å². The van der Waals surface area contributed by atoms with Crippen molar-refractivity contribution in [2.75, 3.05) is 7.11 Å². The van der Waals surface area contributed by atoms with Gasteiger partial charge in [0.15, 0.2) is 6.10 Å². The van der Waals surface area contributed by atoms with Crippen molar-refractivity contribution in [2.24, 2.45) is 0 Å². The molecule has 2 atom stereocenters. The summed E-state index contributed by atoms with van der Waals surface area (Å²) in [6, 6.07) is 5.94. The number of rotatable bonds is 9. The Labute approximate surface area is 130 Å². The van der Waals surface area contributed by atoms with Crippen molar-refractivity contribution in [1.29, 1.82) is 0 Å². The second-order valence-electron chi connectivity index (χ2n) is 4.98. The first kappa shape index (κ1) is 17.8. The molecule has 1 amide bonds. The van der Waals surface area contributed by atoms with Gasteiger partial charge in [-0.2, -0.15) is 0 Å². The predicted molar refractivity (Wildman–Crippen MR) is 82.2 cm³/mol. The number of benzene rings is 1. The number of nitrogens with one attached hydrogen (secondary N) is 1. The topological polar surface area (TPSA) is 84.9 Å². The molecule has 22 heavy (non-hydrogen) atoms. The van der Waals surface area contributed by atoms with Crippen molar-refractivity contribution < 1.29 is 24.2 Å². The summed E-state index contributed by atoms with van der Waals surface area (Å²) >= 11 is 0. The molecule has 6 heteroatoms. The summed E-state index contributed by atoms with van der Waals surface area (Å²) in [6.45, 7) is 3.55. The first-order valence-electron chi connectivity index (χ1n) is 7.31. The molecule has 2 unspecified atom stereocenters. The lowest BCUT2D eigenvalue weighted by Crippen LogP contribution is -2.46. The van der Waals surface area contributed by atoms with E-state index >= 15 is 0 Å². The molecule has 0 fully saturated rings. The Balaban J connectivity index is 2.57. The molecule has 0 heterocycles. The van der Waals surface area contributed by atoms with Crippen LogP contribution in [-0.2, 0) is 9.59 Å². The van der Waals surface area contributed by atoms with Crippen LogP contribution in [-0.4, -0.2) is 36.2 Å². The van der Waals surface area contributed by atoms with Gasteiger partial charge in [-0.3, -0.25) is 4.79 Å². The summed E-state index contributed by atoms with van der Waals surface area (Å²) in [5.74, 6) is -0.267. The number of carboxylic acid groups (broad SMARTS) is 1. The van der Waals surface area contributed by atoms with Crippen LogP contribution >= 0.6 is 0 Å². The molecule has 1 rings (SSSR count). The quantitative estimate of drug-likeness (QED) is 0.730. The molecule has 2 N–H and O–H groups in total. The van der Waals surface area contributed by atoms with Gasteiger partial charge >= 0.3 is 5.97 Å². The van der Waals surface area contributed by atoms with Gasteiger partial charge in [0.1, 0.15) is 17.5 Å². The SMILES string of the molecule is CCCCC(NC(=O)C(C)Oc1ccc(OC)cc1)C(=O)O. The van der Waals surface area contributed by atoms with Crippen molar-refractivity contribution in [3.63, 3.8) is 0 Å². The third-order valence-electron chi connectivity index (χ3n) is 3.20. The number of amides is 1. The molecule has 1 aromatic rings. The number of carbonyl (C=O) groups is 2. The zero-order valence-corrected chi connectivity index (χ0v) is 13.2. The molecule has 1 aromatic carbocycles. The van der Waals surface area contributed by atoms with Gasteiger partial charge in [-0.15, -0.1) is 0 Å². The summed E-state index contributed by atoms with van der Waals surface area (Å²) in [6.07, 6.45) is 1.24. The summed E-state index contributed by atoms with van der Waals surface area (Å²) in [5.41, 5.74) is 0. The Morgan fingerprint density at radius 1 is 1.23 bits per heavy atom. The molecule has 0 spiro atoms. The molecule has 0 radical (unpaired) electrons. The Morgan fingerprint density at radius 3 is 2.32 bits per heavy atom. The Bertz CT molecular complexity index is 486. The lowest BCUT2D eigenvalue weighted by molar-refractivity contribution is -0.143. The van der Waals surface area contributed by atoms with Crippen LogP contribution in [0.1, 0.15) is 33.1 Å². The normalized spacial score (nSPS) is 13.0. The first-order chi connectivity index (χ1) is 10.5. The Morgan fingerprint density at radius 2 is 1.82 bits per heavy atom. The molecule has 0 aliphatic heterocycles. The van der Waals surface area contributed by atoms with Gasteiger partial charge in [0.2, 0.25) is 0 Å². The summed E-state index contributed by atoms with van der Waals surface area (Å²) in [4.78, 5) is 23.1. The van der Waals surface area contributed by atoms with Gasteiger partial charge in [0.25, 0.3) is 5.91 Å². The third kappa shape index (κ3) is 5.63. The average Bonchev–Trinajstić information content (AvgIpc) is 2.51. The number of aliphatic carboxylic acids is 1. The monoisotopic (exact) mass is 309 g/mol. The fraction of sp³-hybridized carbons (Fsp3) is 0.500. The number of ether oxygens (including phenoxy) is 2. The number of unbranched alkanes of at least 4 members (excludes halogenated alkanes) is 1. The van der Waals surface area contributed by atoms with Gasteiger partial charge in [-0.05, 0) is 37.6 Å². The second-order valence-corrected chi connectivity index (χ2v) is 4.98. The van der Waals surface area contributed by atoms with Crippen molar-refractivity contribution in [3.8, 4) is 11.5 Å². The molecule has 0 saturated carbocycles. The predicted octanol–water partition coefficient (Wildman–Crippen LogP) is 2.22. The highest BCUT2D eigenvalue weighted by Gasteiger charge is 2.23. The fourth-order valence-corrected chi connectivity index (χ4v) is 1.87. The maximum absolute atomic E-state index is 12.0. The third-order valence-corrected chi connectivity index (χ3v) is 3.20. The maximum Gasteiger partial charge on any atom is 0.326 e. The number of hydrogen-bond donors (Lipinski definition) is 2. The van der Waals surface area contributed by atoms with Gasteiger partial charge in [0.05, 0.1) is 7.11 Å². The van der Waals surface area contributed by atoms with E-state index < -0.39 is 24.0 Å². The average molecular weight is 309 g/mol. The van der Waals surface area contributed by atoms with Crippen LogP contribution in [0.3, 0.4) is 0 Å². The molecule has 0 aliphatic rings. The number of carboxylic acids is 1. The van der Waals surface area contributed by atoms with Crippen LogP contribution in [0.5, 0.6) is 11.5 Å². The molecule has 0 bridgehead atoms. The fourth-order valence-electron chi connectivity index (χ4n) is 1.87. The number of hydrogen-bond acceptors (Lipinski definition) is 4. The largest absolute Gasteiger partial charge is 0.497 e. The van der Waals surface area contributed by atoms with E-state index in [1.165, 1.54) is 0 Å².